The van der Waals surface area contributed by atoms with Gasteiger partial charge in [0.1, 0.15) is 23.4 Å². The number of rotatable bonds is 5. The first-order valence-corrected chi connectivity index (χ1v) is 11.1. The lowest BCUT2D eigenvalue weighted by molar-refractivity contribution is -0.137. The topological polar surface area (TPSA) is 101 Å². The maximum absolute atomic E-state index is 14.7. The number of hydrogen-bond donors (Lipinski definition) is 3. The molecule has 2 aromatic heterocycles. The number of nitrogens with one attached hydrogen (secondary N) is 2. The summed E-state index contributed by atoms with van der Waals surface area (Å²) in [6, 6.07) is 5.48. The van der Waals surface area contributed by atoms with Gasteiger partial charge in [0.25, 0.3) is 0 Å². The van der Waals surface area contributed by atoms with Crippen LogP contribution in [0.5, 0.6) is 11.6 Å². The largest absolute Gasteiger partial charge is 0.437 e. The lowest BCUT2D eigenvalue weighted by Crippen LogP contribution is -2.20. The fourth-order valence-electron chi connectivity index (χ4n) is 3.70. The minimum Gasteiger partial charge on any atom is -0.437 e. The first-order chi connectivity index (χ1) is 17.2. The maximum Gasteiger partial charge on any atom is 0.417 e. The molecule has 0 atom stereocenters. The predicted molar refractivity (Wildman–Crippen MR) is 129 cm³/mol. The smallest absolute Gasteiger partial charge is 0.417 e. The highest BCUT2D eigenvalue weighted by atomic mass is 35.5. The standard InChI is InChI=1S/C24H20ClF4N5O3/c1-12-16(23(2,3)36)10-34-20(12)21(30-11-31-34)37-14-5-7-19(18(26)9-14)33-22(35)32-13-4-6-17(25)15(8-13)24(27,28)29/h4-11,36H,1-3H3,(H2,32,33,35). The molecule has 0 bridgehead atoms. The van der Waals surface area contributed by atoms with E-state index in [1.54, 1.807) is 27.0 Å². The first kappa shape index (κ1) is 26.2. The molecule has 3 N–H and O–H groups in total. The van der Waals surface area contributed by atoms with Crippen LogP contribution in [0.15, 0.2) is 48.9 Å². The lowest BCUT2D eigenvalue weighted by atomic mass is 9.98. The number of urea groups is 1. The number of alkyl halides is 3. The lowest BCUT2D eigenvalue weighted by Gasteiger charge is -2.16. The van der Waals surface area contributed by atoms with Crippen molar-refractivity contribution < 1.29 is 32.2 Å². The number of anilines is 2. The molecule has 0 saturated carbocycles. The van der Waals surface area contributed by atoms with E-state index in [-0.39, 0.29) is 23.0 Å². The molecule has 194 valence electrons. The molecule has 2 amide bonds. The fourth-order valence-corrected chi connectivity index (χ4v) is 3.92. The molecule has 0 aliphatic heterocycles. The van der Waals surface area contributed by atoms with Gasteiger partial charge in [-0.3, -0.25) is 0 Å². The minimum atomic E-state index is -4.71. The van der Waals surface area contributed by atoms with E-state index in [0.717, 1.165) is 12.1 Å². The number of aryl methyl sites for hydroxylation is 1. The zero-order chi connectivity index (χ0) is 27.1. The van der Waals surface area contributed by atoms with E-state index >= 15 is 0 Å². The third-order valence-corrected chi connectivity index (χ3v) is 5.71. The van der Waals surface area contributed by atoms with Gasteiger partial charge >= 0.3 is 12.2 Å². The number of ether oxygens (including phenoxy) is 1. The number of aliphatic hydroxyl groups is 1. The highest BCUT2D eigenvalue weighted by Gasteiger charge is 2.33. The van der Waals surface area contributed by atoms with Crippen LogP contribution >= 0.6 is 11.6 Å². The van der Waals surface area contributed by atoms with E-state index in [9.17, 15) is 27.5 Å². The summed E-state index contributed by atoms with van der Waals surface area (Å²) in [7, 11) is 0. The summed E-state index contributed by atoms with van der Waals surface area (Å²) in [5.41, 5.74) is -0.933. The van der Waals surface area contributed by atoms with Crippen molar-refractivity contribution in [2.24, 2.45) is 0 Å². The highest BCUT2D eigenvalue weighted by molar-refractivity contribution is 6.31. The minimum absolute atomic E-state index is 0.0574. The molecule has 4 aromatic rings. The highest BCUT2D eigenvalue weighted by Crippen LogP contribution is 2.36. The van der Waals surface area contributed by atoms with Crippen LogP contribution in [-0.2, 0) is 11.8 Å². The molecule has 8 nitrogen and oxygen atoms in total. The van der Waals surface area contributed by atoms with E-state index in [4.69, 9.17) is 16.3 Å². The molecule has 0 fully saturated rings. The molecule has 13 heteroatoms. The average molecular weight is 538 g/mol. The number of carbonyl (C=O) groups excluding carboxylic acids is 1. The number of fused-ring (bicyclic) bond motifs is 1. The second kappa shape index (κ2) is 9.52. The van der Waals surface area contributed by atoms with Crippen molar-refractivity contribution in [2.45, 2.75) is 32.5 Å². The van der Waals surface area contributed by atoms with Gasteiger partial charge in [0.2, 0.25) is 5.88 Å². The predicted octanol–water partition coefficient (Wildman–Crippen LogP) is 6.51. The second-order valence-electron chi connectivity index (χ2n) is 8.60. The van der Waals surface area contributed by atoms with E-state index in [2.05, 4.69) is 20.7 Å². The van der Waals surface area contributed by atoms with Gasteiger partial charge in [-0.2, -0.15) is 23.3 Å². The van der Waals surface area contributed by atoms with Crippen LogP contribution in [0.25, 0.3) is 5.52 Å². The Morgan fingerprint density at radius 1 is 1.11 bits per heavy atom. The summed E-state index contributed by atoms with van der Waals surface area (Å²) >= 11 is 5.57. The van der Waals surface area contributed by atoms with Crippen LogP contribution in [0.4, 0.5) is 33.7 Å². The third kappa shape index (κ3) is 5.59. The van der Waals surface area contributed by atoms with Crippen LogP contribution < -0.4 is 15.4 Å². The number of benzene rings is 2. The van der Waals surface area contributed by atoms with Crippen LogP contribution in [0, 0.1) is 12.7 Å². The van der Waals surface area contributed by atoms with Crippen LogP contribution in [0.3, 0.4) is 0 Å². The van der Waals surface area contributed by atoms with Gasteiger partial charge in [-0.1, -0.05) is 11.6 Å². The van der Waals surface area contributed by atoms with E-state index in [0.29, 0.717) is 22.7 Å². The van der Waals surface area contributed by atoms with Gasteiger partial charge in [0.15, 0.2) is 0 Å². The summed E-state index contributed by atoms with van der Waals surface area (Å²) in [5, 5.41) is 18.4. The van der Waals surface area contributed by atoms with Crippen molar-refractivity contribution in [1.29, 1.82) is 0 Å². The fraction of sp³-hybridized carbons (Fsp3) is 0.208. The molecular formula is C24H20ClF4N5O3. The number of aromatic nitrogens is 3. The van der Waals surface area contributed by atoms with Gasteiger partial charge in [-0.15, -0.1) is 0 Å². The van der Waals surface area contributed by atoms with Crippen molar-refractivity contribution in [3.63, 3.8) is 0 Å². The summed E-state index contributed by atoms with van der Waals surface area (Å²) in [4.78, 5) is 16.4. The van der Waals surface area contributed by atoms with Gasteiger partial charge in [-0.25, -0.2) is 13.7 Å². The molecule has 37 heavy (non-hydrogen) atoms. The van der Waals surface area contributed by atoms with E-state index < -0.39 is 34.2 Å². The maximum atomic E-state index is 14.7. The summed E-state index contributed by atoms with van der Waals surface area (Å²) < 4.78 is 61.0. The molecule has 2 aromatic carbocycles. The monoisotopic (exact) mass is 537 g/mol. The SMILES string of the molecule is Cc1c(C(C)(C)O)cn2ncnc(Oc3ccc(NC(=O)Nc4ccc(Cl)c(C(F)(F)F)c4)c(F)c3)c12. The molecule has 0 saturated heterocycles. The average Bonchev–Trinajstić information content (AvgIpc) is 3.14. The number of halogens is 5. The number of amides is 2. The second-order valence-corrected chi connectivity index (χ2v) is 9.01. The van der Waals surface area contributed by atoms with Crippen molar-refractivity contribution in [3.8, 4) is 11.6 Å². The Balaban J connectivity index is 1.51. The van der Waals surface area contributed by atoms with Crippen molar-refractivity contribution >= 4 is 34.5 Å². The van der Waals surface area contributed by atoms with Crippen molar-refractivity contribution in [2.75, 3.05) is 10.6 Å². The van der Waals surface area contributed by atoms with Gasteiger partial charge < -0.3 is 20.5 Å². The third-order valence-electron chi connectivity index (χ3n) is 5.39. The Kier molecular flexibility index (Phi) is 6.74. The molecule has 0 aliphatic carbocycles. The Morgan fingerprint density at radius 2 is 1.84 bits per heavy atom. The molecule has 0 radical (unpaired) electrons. The number of carbonyl (C=O) groups is 1. The number of hydrogen-bond acceptors (Lipinski definition) is 5. The Bertz CT molecular complexity index is 1500. The van der Waals surface area contributed by atoms with E-state index in [1.165, 1.54) is 29.0 Å². The molecular weight excluding hydrogens is 518 g/mol. The first-order valence-electron chi connectivity index (χ1n) is 10.7. The molecule has 2 heterocycles. The quantitative estimate of drug-likeness (QED) is 0.252. The molecule has 0 aliphatic rings. The Labute approximate surface area is 212 Å². The van der Waals surface area contributed by atoms with Gasteiger partial charge in [0.05, 0.1) is 21.9 Å². The van der Waals surface area contributed by atoms with E-state index in [1.807, 2.05) is 0 Å². The molecule has 0 unspecified atom stereocenters. The Hall–Kier alpha value is -3.90. The van der Waals surface area contributed by atoms with Crippen molar-refractivity contribution in [1.82, 2.24) is 14.6 Å². The zero-order valence-electron chi connectivity index (χ0n) is 19.6. The number of nitrogens with zero attached hydrogens (tertiary/aromatic N) is 3. The summed E-state index contributed by atoms with van der Waals surface area (Å²) in [5.74, 6) is -0.694. The normalized spacial score (nSPS) is 12.0. The molecule has 0 spiro atoms. The summed E-state index contributed by atoms with van der Waals surface area (Å²) in [6.07, 6.45) is -1.82. The zero-order valence-corrected chi connectivity index (χ0v) is 20.4. The van der Waals surface area contributed by atoms with Crippen LogP contribution in [0.2, 0.25) is 5.02 Å². The van der Waals surface area contributed by atoms with Gasteiger partial charge in [-0.05, 0) is 56.7 Å². The Morgan fingerprint density at radius 3 is 2.49 bits per heavy atom. The van der Waals surface area contributed by atoms with Gasteiger partial charge in [0, 0.05) is 23.5 Å². The summed E-state index contributed by atoms with van der Waals surface area (Å²) in [6.45, 7) is 5.02. The molecule has 4 rings (SSSR count). The van der Waals surface area contributed by atoms with Crippen LogP contribution in [0.1, 0.15) is 30.5 Å². The van der Waals surface area contributed by atoms with Crippen LogP contribution in [-0.4, -0.2) is 25.7 Å². The van der Waals surface area contributed by atoms with Crippen molar-refractivity contribution in [3.05, 3.63) is 76.5 Å².